The number of nitrogens with two attached hydrogens (primary N) is 1. The largest absolute Gasteiger partial charge is 0.387 e. The Balaban J connectivity index is 2.29. The number of nitrogen functional groups attached to an aromatic ring is 1. The molecule has 1 aromatic heterocycles. The van der Waals surface area contributed by atoms with Gasteiger partial charge in [0, 0.05) is 20.4 Å². The van der Waals surface area contributed by atoms with E-state index < -0.39 is 37.4 Å². The standard InChI is InChI=1S/C13H20ClFN3O6P/c1-22-25(21,23-2)6-4-13(7-14)10(19)9(15)11(24-13)18-5-3-8(16)17-12(18)20/h3,5,9-11,19H,4,6-7H2,1-2H3,(H2,16,17,20). The zero-order valence-electron chi connectivity index (χ0n) is 13.7. The highest BCUT2D eigenvalue weighted by atomic mass is 35.5. The van der Waals surface area contributed by atoms with Crippen LogP contribution < -0.4 is 11.4 Å². The number of halogens is 2. The molecule has 25 heavy (non-hydrogen) atoms. The fourth-order valence-corrected chi connectivity index (χ4v) is 4.14. The van der Waals surface area contributed by atoms with E-state index in [2.05, 4.69) is 4.98 Å². The number of hydrogen-bond acceptors (Lipinski definition) is 8. The van der Waals surface area contributed by atoms with Gasteiger partial charge in [0.05, 0.1) is 12.0 Å². The molecule has 1 fully saturated rings. The number of alkyl halides is 2. The first kappa shape index (κ1) is 20.3. The lowest BCUT2D eigenvalue weighted by Gasteiger charge is -2.30. The summed E-state index contributed by atoms with van der Waals surface area (Å²) in [7, 11) is -0.989. The first-order chi connectivity index (χ1) is 11.7. The summed E-state index contributed by atoms with van der Waals surface area (Å²) in [5, 5.41) is 10.3. The maximum atomic E-state index is 14.6. The van der Waals surface area contributed by atoms with E-state index in [0.717, 1.165) is 4.57 Å². The molecule has 0 amide bonds. The minimum absolute atomic E-state index is 0.0278. The Bertz CT molecular complexity index is 713. The van der Waals surface area contributed by atoms with Gasteiger partial charge in [0.25, 0.3) is 0 Å². The summed E-state index contributed by atoms with van der Waals surface area (Å²) in [6, 6.07) is 1.30. The zero-order chi connectivity index (χ0) is 18.8. The van der Waals surface area contributed by atoms with Crippen LogP contribution >= 0.6 is 19.2 Å². The molecule has 0 bridgehead atoms. The van der Waals surface area contributed by atoms with Crippen molar-refractivity contribution in [3.05, 3.63) is 22.7 Å². The van der Waals surface area contributed by atoms with Crippen LogP contribution in [0.4, 0.5) is 10.2 Å². The molecule has 2 heterocycles. The summed E-state index contributed by atoms with van der Waals surface area (Å²) in [5.74, 6) is -0.324. The fourth-order valence-electron chi connectivity index (χ4n) is 2.62. The first-order valence-electron chi connectivity index (χ1n) is 7.33. The summed E-state index contributed by atoms with van der Waals surface area (Å²) in [5.41, 5.74) is 3.01. The molecule has 0 spiro atoms. The molecule has 0 aliphatic carbocycles. The highest BCUT2D eigenvalue weighted by Gasteiger charge is 2.56. The minimum atomic E-state index is -3.41. The number of nitrogens with zero attached hydrogens (tertiary/aromatic N) is 2. The van der Waals surface area contributed by atoms with Crippen molar-refractivity contribution in [1.29, 1.82) is 0 Å². The number of aliphatic hydroxyl groups is 1. The van der Waals surface area contributed by atoms with Crippen molar-refractivity contribution in [2.45, 2.75) is 30.5 Å². The van der Waals surface area contributed by atoms with Crippen molar-refractivity contribution in [1.82, 2.24) is 9.55 Å². The molecule has 0 saturated carbocycles. The molecule has 1 saturated heterocycles. The van der Waals surface area contributed by atoms with Gasteiger partial charge in [0.2, 0.25) is 0 Å². The monoisotopic (exact) mass is 399 g/mol. The molecular formula is C13H20ClFN3O6P. The topological polar surface area (TPSA) is 126 Å². The van der Waals surface area contributed by atoms with Crippen molar-refractivity contribution in [3.8, 4) is 0 Å². The third-order valence-corrected chi connectivity index (χ3v) is 6.52. The quantitative estimate of drug-likeness (QED) is 0.511. The lowest BCUT2D eigenvalue weighted by molar-refractivity contribution is -0.0920. The Labute approximate surface area is 148 Å². The maximum Gasteiger partial charge on any atom is 0.351 e. The molecule has 3 N–H and O–H groups in total. The van der Waals surface area contributed by atoms with Crippen LogP contribution in [0.25, 0.3) is 0 Å². The van der Waals surface area contributed by atoms with Gasteiger partial charge in [-0.15, -0.1) is 11.6 Å². The van der Waals surface area contributed by atoms with Crippen LogP contribution in [0.15, 0.2) is 17.1 Å². The molecule has 4 unspecified atom stereocenters. The predicted octanol–water partition coefficient (Wildman–Crippen LogP) is 0.907. The van der Waals surface area contributed by atoms with Crippen LogP contribution in [-0.2, 0) is 18.3 Å². The molecule has 0 aromatic carbocycles. The van der Waals surface area contributed by atoms with E-state index in [1.165, 1.54) is 26.5 Å². The molecule has 1 aliphatic heterocycles. The van der Waals surface area contributed by atoms with E-state index in [4.69, 9.17) is 31.1 Å². The molecule has 4 atom stereocenters. The summed E-state index contributed by atoms with van der Waals surface area (Å²) < 4.78 is 43.0. The number of ether oxygens (including phenoxy) is 1. The third-order valence-electron chi connectivity index (χ3n) is 4.19. The molecule has 1 aromatic rings. The van der Waals surface area contributed by atoms with Crippen LogP contribution in [0.3, 0.4) is 0 Å². The number of anilines is 1. The summed E-state index contributed by atoms with van der Waals surface area (Å²) in [6.45, 7) is 0. The maximum absolute atomic E-state index is 14.6. The summed E-state index contributed by atoms with van der Waals surface area (Å²) in [6.07, 6.45) is -4.09. The second kappa shape index (κ2) is 7.69. The average Bonchev–Trinajstić information content (AvgIpc) is 2.85. The van der Waals surface area contributed by atoms with Crippen molar-refractivity contribution in [2.24, 2.45) is 0 Å². The van der Waals surface area contributed by atoms with Crippen LogP contribution in [0.5, 0.6) is 0 Å². The predicted molar refractivity (Wildman–Crippen MR) is 88.5 cm³/mol. The summed E-state index contributed by atoms with van der Waals surface area (Å²) >= 11 is 5.91. The zero-order valence-corrected chi connectivity index (χ0v) is 15.3. The van der Waals surface area contributed by atoms with E-state index in [9.17, 15) is 18.9 Å². The Morgan fingerprint density at radius 2 is 2.20 bits per heavy atom. The minimum Gasteiger partial charge on any atom is -0.387 e. The van der Waals surface area contributed by atoms with Crippen LogP contribution in [0.2, 0.25) is 0 Å². The lowest BCUT2D eigenvalue weighted by atomic mass is 9.95. The van der Waals surface area contributed by atoms with E-state index in [1.807, 2.05) is 0 Å². The van der Waals surface area contributed by atoms with Crippen molar-refractivity contribution >= 4 is 25.0 Å². The van der Waals surface area contributed by atoms with Gasteiger partial charge in [-0.25, -0.2) is 9.18 Å². The molecular weight excluding hydrogens is 380 g/mol. The SMILES string of the molecule is COP(=O)(CCC1(CCl)OC(n2ccc(N)nc2=O)C(F)C1O)OC. The number of hydrogen-bond donors (Lipinski definition) is 2. The van der Waals surface area contributed by atoms with Crippen LogP contribution in [0.1, 0.15) is 12.6 Å². The van der Waals surface area contributed by atoms with Gasteiger partial charge in [0.1, 0.15) is 17.5 Å². The van der Waals surface area contributed by atoms with Crippen molar-refractivity contribution in [3.63, 3.8) is 0 Å². The van der Waals surface area contributed by atoms with Crippen molar-refractivity contribution in [2.75, 3.05) is 32.0 Å². The lowest BCUT2D eigenvalue weighted by Crippen LogP contribution is -2.44. The van der Waals surface area contributed by atoms with E-state index >= 15 is 0 Å². The molecule has 1 aliphatic rings. The molecule has 9 nitrogen and oxygen atoms in total. The van der Waals surface area contributed by atoms with Gasteiger partial charge in [-0.05, 0) is 12.5 Å². The van der Waals surface area contributed by atoms with Gasteiger partial charge in [0.15, 0.2) is 12.4 Å². The highest BCUT2D eigenvalue weighted by Crippen LogP contribution is 2.50. The molecule has 12 heteroatoms. The second-order valence-electron chi connectivity index (χ2n) is 5.59. The Morgan fingerprint density at radius 3 is 2.72 bits per heavy atom. The Morgan fingerprint density at radius 1 is 1.56 bits per heavy atom. The van der Waals surface area contributed by atoms with Gasteiger partial charge in [-0.1, -0.05) is 0 Å². The molecule has 2 rings (SSSR count). The van der Waals surface area contributed by atoms with Gasteiger partial charge in [-0.2, -0.15) is 4.98 Å². The molecule has 0 radical (unpaired) electrons. The molecule has 142 valence electrons. The normalized spacial score (nSPS) is 29.9. The number of aliphatic hydroxyl groups excluding tert-OH is 1. The van der Waals surface area contributed by atoms with Gasteiger partial charge >= 0.3 is 13.3 Å². The number of rotatable bonds is 7. The van der Waals surface area contributed by atoms with Gasteiger partial charge in [-0.3, -0.25) is 9.13 Å². The average molecular weight is 400 g/mol. The fraction of sp³-hybridized carbons (Fsp3) is 0.692. The smallest absolute Gasteiger partial charge is 0.351 e. The second-order valence-corrected chi connectivity index (χ2v) is 8.25. The van der Waals surface area contributed by atoms with Gasteiger partial charge < -0.3 is 24.6 Å². The first-order valence-corrected chi connectivity index (χ1v) is 9.59. The van der Waals surface area contributed by atoms with Crippen LogP contribution in [-0.4, -0.2) is 58.8 Å². The summed E-state index contributed by atoms with van der Waals surface area (Å²) in [4.78, 5) is 15.4. The number of aromatic nitrogens is 2. The Hall–Kier alpha value is -1.03. The third kappa shape index (κ3) is 3.89. The van der Waals surface area contributed by atoms with E-state index in [0.29, 0.717) is 0 Å². The highest BCUT2D eigenvalue weighted by molar-refractivity contribution is 7.53. The van der Waals surface area contributed by atoms with Crippen molar-refractivity contribution < 1.29 is 27.8 Å². The Kier molecular flexibility index (Phi) is 6.24. The van der Waals surface area contributed by atoms with E-state index in [1.54, 1.807) is 0 Å². The van der Waals surface area contributed by atoms with Crippen LogP contribution in [0, 0.1) is 0 Å². The van der Waals surface area contributed by atoms with E-state index in [-0.39, 0.29) is 24.3 Å².